The molecule has 0 bridgehead atoms. The zero-order valence-corrected chi connectivity index (χ0v) is 11.4. The number of carbonyl (C=O) groups excluding carboxylic acids is 1. The quantitative estimate of drug-likeness (QED) is 0.788. The van der Waals surface area contributed by atoms with Crippen molar-refractivity contribution in [2.75, 3.05) is 13.7 Å². The zero-order valence-electron chi connectivity index (χ0n) is 11.4. The number of ether oxygens (including phenoxy) is 2. The Kier molecular flexibility index (Phi) is 5.65. The maximum Gasteiger partial charge on any atom is 0.320 e. The maximum atomic E-state index is 11.4. The van der Waals surface area contributed by atoms with Crippen molar-refractivity contribution in [1.29, 1.82) is 0 Å². The molecule has 0 aliphatic rings. The minimum atomic E-state index is -0.236. The SMILES string of the molecule is COc1cccc([C@H](C)NCC(=O)OC(C)C)c1. The fraction of sp³-hybridized carbons (Fsp3) is 0.500. The lowest BCUT2D eigenvalue weighted by atomic mass is 10.1. The van der Waals surface area contributed by atoms with Crippen LogP contribution in [0, 0.1) is 0 Å². The third-order valence-electron chi connectivity index (χ3n) is 2.51. The predicted octanol–water partition coefficient (Wildman–Crippen LogP) is 2.30. The molecule has 0 spiro atoms. The smallest absolute Gasteiger partial charge is 0.320 e. The molecular weight excluding hydrogens is 230 g/mol. The minimum absolute atomic E-state index is 0.0693. The van der Waals surface area contributed by atoms with Crippen LogP contribution in [0.1, 0.15) is 32.4 Å². The Balaban J connectivity index is 2.49. The van der Waals surface area contributed by atoms with Gasteiger partial charge in [-0.3, -0.25) is 4.79 Å². The van der Waals surface area contributed by atoms with Crippen LogP contribution in [0.2, 0.25) is 0 Å². The van der Waals surface area contributed by atoms with E-state index in [1.54, 1.807) is 7.11 Å². The summed E-state index contributed by atoms with van der Waals surface area (Å²) in [7, 11) is 1.64. The van der Waals surface area contributed by atoms with Crippen LogP contribution in [0.15, 0.2) is 24.3 Å². The lowest BCUT2D eigenvalue weighted by Gasteiger charge is -2.15. The fourth-order valence-electron chi connectivity index (χ4n) is 1.57. The zero-order chi connectivity index (χ0) is 13.5. The van der Waals surface area contributed by atoms with Crippen LogP contribution in [0.5, 0.6) is 5.75 Å². The van der Waals surface area contributed by atoms with E-state index in [9.17, 15) is 4.79 Å². The van der Waals surface area contributed by atoms with E-state index in [2.05, 4.69) is 5.32 Å². The van der Waals surface area contributed by atoms with Crippen LogP contribution in [0.4, 0.5) is 0 Å². The third kappa shape index (κ3) is 4.75. The van der Waals surface area contributed by atoms with Gasteiger partial charge in [-0.15, -0.1) is 0 Å². The van der Waals surface area contributed by atoms with E-state index in [1.807, 2.05) is 45.0 Å². The number of methoxy groups -OCH3 is 1. The average molecular weight is 251 g/mol. The fourth-order valence-corrected chi connectivity index (χ4v) is 1.57. The molecule has 0 aromatic heterocycles. The number of carbonyl (C=O) groups is 1. The molecule has 0 saturated heterocycles. The number of rotatable bonds is 6. The molecule has 0 fully saturated rings. The Bertz CT molecular complexity index is 390. The van der Waals surface area contributed by atoms with Gasteiger partial charge >= 0.3 is 5.97 Å². The van der Waals surface area contributed by atoms with Crippen molar-refractivity contribution in [3.05, 3.63) is 29.8 Å². The molecule has 1 aromatic carbocycles. The van der Waals surface area contributed by atoms with Crippen molar-refractivity contribution < 1.29 is 14.3 Å². The first-order valence-corrected chi connectivity index (χ1v) is 6.09. The van der Waals surface area contributed by atoms with Crippen molar-refractivity contribution in [1.82, 2.24) is 5.32 Å². The Morgan fingerprint density at radius 2 is 2.06 bits per heavy atom. The number of hydrogen-bond acceptors (Lipinski definition) is 4. The van der Waals surface area contributed by atoms with Gasteiger partial charge < -0.3 is 14.8 Å². The van der Waals surface area contributed by atoms with Gasteiger partial charge in [0.25, 0.3) is 0 Å². The van der Waals surface area contributed by atoms with Gasteiger partial charge in [-0.25, -0.2) is 0 Å². The molecule has 4 nitrogen and oxygen atoms in total. The minimum Gasteiger partial charge on any atom is -0.497 e. The molecule has 0 aliphatic heterocycles. The standard InChI is InChI=1S/C14H21NO3/c1-10(2)18-14(16)9-15-11(3)12-6-5-7-13(8-12)17-4/h5-8,10-11,15H,9H2,1-4H3/t11-/m0/s1. The highest BCUT2D eigenvalue weighted by atomic mass is 16.5. The lowest BCUT2D eigenvalue weighted by Crippen LogP contribution is -2.28. The molecule has 4 heteroatoms. The van der Waals surface area contributed by atoms with Crippen molar-refractivity contribution >= 4 is 5.97 Å². The van der Waals surface area contributed by atoms with E-state index in [-0.39, 0.29) is 24.7 Å². The number of hydrogen-bond donors (Lipinski definition) is 1. The van der Waals surface area contributed by atoms with E-state index in [4.69, 9.17) is 9.47 Å². The van der Waals surface area contributed by atoms with Gasteiger partial charge in [0, 0.05) is 6.04 Å². The number of benzene rings is 1. The summed E-state index contributed by atoms with van der Waals surface area (Å²) in [5.74, 6) is 0.575. The van der Waals surface area contributed by atoms with Crippen LogP contribution < -0.4 is 10.1 Å². The van der Waals surface area contributed by atoms with Crippen LogP contribution in [0.25, 0.3) is 0 Å². The molecule has 0 saturated carbocycles. The molecule has 100 valence electrons. The van der Waals surface area contributed by atoms with Crippen molar-refractivity contribution in [2.24, 2.45) is 0 Å². The summed E-state index contributed by atoms with van der Waals surface area (Å²) >= 11 is 0. The summed E-state index contributed by atoms with van der Waals surface area (Å²) in [5, 5.41) is 3.13. The van der Waals surface area contributed by atoms with E-state index in [1.165, 1.54) is 0 Å². The molecule has 1 aromatic rings. The molecule has 0 unspecified atom stereocenters. The first-order chi connectivity index (χ1) is 8.52. The monoisotopic (exact) mass is 251 g/mol. The van der Waals surface area contributed by atoms with Crippen LogP contribution in [0.3, 0.4) is 0 Å². The molecule has 1 atom stereocenters. The second-order valence-corrected chi connectivity index (χ2v) is 4.42. The molecule has 18 heavy (non-hydrogen) atoms. The largest absolute Gasteiger partial charge is 0.497 e. The normalized spacial score (nSPS) is 12.3. The summed E-state index contributed by atoms with van der Waals surface area (Å²) in [6.07, 6.45) is -0.0774. The molecule has 0 amide bonds. The Hall–Kier alpha value is -1.55. The van der Waals surface area contributed by atoms with Gasteiger partial charge in [0.05, 0.1) is 19.8 Å². The van der Waals surface area contributed by atoms with E-state index < -0.39 is 0 Å². The summed E-state index contributed by atoms with van der Waals surface area (Å²) in [5.41, 5.74) is 1.08. The Morgan fingerprint density at radius 1 is 1.33 bits per heavy atom. The molecule has 0 aliphatic carbocycles. The van der Waals surface area contributed by atoms with Crippen LogP contribution in [-0.2, 0) is 9.53 Å². The maximum absolute atomic E-state index is 11.4. The van der Waals surface area contributed by atoms with Gasteiger partial charge in [-0.2, -0.15) is 0 Å². The number of nitrogens with one attached hydrogen (secondary N) is 1. The van der Waals surface area contributed by atoms with Gasteiger partial charge in [0.2, 0.25) is 0 Å². The summed E-state index contributed by atoms with van der Waals surface area (Å²) in [6.45, 7) is 5.88. The summed E-state index contributed by atoms with van der Waals surface area (Å²) in [4.78, 5) is 11.4. The second kappa shape index (κ2) is 7.01. The lowest BCUT2D eigenvalue weighted by molar-refractivity contribution is -0.146. The highest BCUT2D eigenvalue weighted by Crippen LogP contribution is 2.18. The first kappa shape index (κ1) is 14.5. The first-order valence-electron chi connectivity index (χ1n) is 6.09. The molecule has 0 heterocycles. The highest BCUT2D eigenvalue weighted by Gasteiger charge is 2.10. The van der Waals surface area contributed by atoms with Gasteiger partial charge in [-0.1, -0.05) is 12.1 Å². The molecule has 1 N–H and O–H groups in total. The molecule has 1 rings (SSSR count). The average Bonchev–Trinajstić information content (AvgIpc) is 2.35. The highest BCUT2D eigenvalue weighted by molar-refractivity contribution is 5.71. The predicted molar refractivity (Wildman–Crippen MR) is 70.6 cm³/mol. The molecular formula is C14H21NO3. The number of esters is 1. The summed E-state index contributed by atoms with van der Waals surface area (Å²) < 4.78 is 10.2. The van der Waals surface area contributed by atoms with Crippen molar-refractivity contribution in [3.8, 4) is 5.75 Å². The Labute approximate surface area is 108 Å². The van der Waals surface area contributed by atoms with Crippen molar-refractivity contribution in [3.63, 3.8) is 0 Å². The van der Waals surface area contributed by atoms with Crippen LogP contribution >= 0.6 is 0 Å². The third-order valence-corrected chi connectivity index (χ3v) is 2.51. The van der Waals surface area contributed by atoms with Gasteiger partial charge in [0.15, 0.2) is 0 Å². The second-order valence-electron chi connectivity index (χ2n) is 4.42. The van der Waals surface area contributed by atoms with Gasteiger partial charge in [0.1, 0.15) is 5.75 Å². The Morgan fingerprint density at radius 3 is 2.67 bits per heavy atom. The van der Waals surface area contributed by atoms with Crippen molar-refractivity contribution in [2.45, 2.75) is 32.9 Å². The molecule has 0 radical (unpaired) electrons. The van der Waals surface area contributed by atoms with E-state index in [0.717, 1.165) is 11.3 Å². The van der Waals surface area contributed by atoms with Gasteiger partial charge in [-0.05, 0) is 38.5 Å². The van der Waals surface area contributed by atoms with E-state index >= 15 is 0 Å². The van der Waals surface area contributed by atoms with Crippen LogP contribution in [-0.4, -0.2) is 25.7 Å². The van der Waals surface area contributed by atoms with E-state index in [0.29, 0.717) is 0 Å². The topological polar surface area (TPSA) is 47.6 Å². The summed E-state index contributed by atoms with van der Waals surface area (Å²) in [6, 6.07) is 7.83.